The number of pyridine rings is 1. The minimum absolute atomic E-state index is 0.195. The number of hydrogen-bond donors (Lipinski definition) is 1. The molecule has 21 heavy (non-hydrogen) atoms. The molecule has 0 spiro atoms. The molecule has 2 aliphatic carbocycles. The van der Waals surface area contributed by atoms with Crippen molar-refractivity contribution in [1.82, 2.24) is 10.3 Å². The summed E-state index contributed by atoms with van der Waals surface area (Å²) in [5.74, 6) is 3.78. The maximum Gasteiger partial charge on any atom is 0.138 e. The molecule has 0 aliphatic heterocycles. The quantitative estimate of drug-likeness (QED) is 0.860. The molecule has 0 aromatic carbocycles. The van der Waals surface area contributed by atoms with Crippen LogP contribution in [0.5, 0.6) is 5.75 Å². The molecule has 1 aromatic heterocycles. The van der Waals surface area contributed by atoms with Crippen molar-refractivity contribution in [3.05, 3.63) is 24.0 Å². The van der Waals surface area contributed by atoms with Crippen LogP contribution in [-0.2, 0) is 0 Å². The van der Waals surface area contributed by atoms with Crippen molar-refractivity contribution in [2.24, 2.45) is 17.8 Å². The van der Waals surface area contributed by atoms with E-state index in [4.69, 9.17) is 4.74 Å². The maximum atomic E-state index is 5.78. The predicted molar refractivity (Wildman–Crippen MR) is 85.4 cm³/mol. The standard InChI is InChI=1S/C18H28N2O/c1-12(2)21-17-8-16(10-20-11-17)18(19-3)9-15-7-13-4-5-14(15)6-13/h8,10-15,18-19H,4-7,9H2,1-3H3. The van der Waals surface area contributed by atoms with E-state index in [9.17, 15) is 0 Å². The van der Waals surface area contributed by atoms with Gasteiger partial charge in [0.25, 0.3) is 0 Å². The lowest BCUT2D eigenvalue weighted by Gasteiger charge is -2.27. The van der Waals surface area contributed by atoms with Crippen molar-refractivity contribution in [2.75, 3.05) is 7.05 Å². The Bertz CT molecular complexity index is 474. The van der Waals surface area contributed by atoms with Gasteiger partial charge in [-0.2, -0.15) is 0 Å². The summed E-state index contributed by atoms with van der Waals surface area (Å²) < 4.78 is 5.78. The fourth-order valence-electron chi connectivity index (χ4n) is 4.35. The molecule has 0 radical (unpaired) electrons. The van der Waals surface area contributed by atoms with Gasteiger partial charge in [0.05, 0.1) is 12.3 Å². The van der Waals surface area contributed by atoms with Crippen LogP contribution < -0.4 is 10.1 Å². The van der Waals surface area contributed by atoms with E-state index >= 15 is 0 Å². The number of rotatable bonds is 6. The first-order chi connectivity index (χ1) is 10.2. The van der Waals surface area contributed by atoms with E-state index in [1.54, 1.807) is 0 Å². The van der Waals surface area contributed by atoms with E-state index in [0.29, 0.717) is 6.04 Å². The first kappa shape index (κ1) is 14.8. The van der Waals surface area contributed by atoms with E-state index in [0.717, 1.165) is 23.5 Å². The third-order valence-electron chi connectivity index (χ3n) is 5.28. The molecule has 2 fully saturated rings. The number of aromatic nitrogens is 1. The molecule has 2 bridgehead atoms. The van der Waals surface area contributed by atoms with Crippen molar-refractivity contribution < 1.29 is 4.74 Å². The molecule has 3 heteroatoms. The molecule has 0 saturated heterocycles. The number of nitrogens with one attached hydrogen (secondary N) is 1. The molecule has 2 aliphatic rings. The van der Waals surface area contributed by atoms with Crippen LogP contribution in [0.25, 0.3) is 0 Å². The first-order valence-corrected chi connectivity index (χ1v) is 8.44. The summed E-state index contributed by atoms with van der Waals surface area (Å²) in [5, 5.41) is 3.49. The number of nitrogens with zero attached hydrogens (tertiary/aromatic N) is 1. The zero-order valence-corrected chi connectivity index (χ0v) is 13.5. The van der Waals surface area contributed by atoms with Gasteiger partial charge in [0.1, 0.15) is 5.75 Å². The Labute approximate surface area is 128 Å². The van der Waals surface area contributed by atoms with Gasteiger partial charge in [0, 0.05) is 12.2 Å². The van der Waals surface area contributed by atoms with Crippen LogP contribution in [0, 0.1) is 17.8 Å². The largest absolute Gasteiger partial charge is 0.489 e. The van der Waals surface area contributed by atoms with Crippen LogP contribution in [0.3, 0.4) is 0 Å². The van der Waals surface area contributed by atoms with E-state index in [1.807, 2.05) is 12.4 Å². The Morgan fingerprint density at radius 3 is 2.76 bits per heavy atom. The van der Waals surface area contributed by atoms with E-state index in [1.165, 1.54) is 37.7 Å². The lowest BCUT2D eigenvalue weighted by Crippen LogP contribution is -2.23. The first-order valence-electron chi connectivity index (χ1n) is 8.44. The van der Waals surface area contributed by atoms with Crippen molar-refractivity contribution in [1.29, 1.82) is 0 Å². The predicted octanol–water partition coefficient (Wildman–Crippen LogP) is 3.96. The lowest BCUT2D eigenvalue weighted by atomic mass is 9.83. The zero-order chi connectivity index (χ0) is 14.8. The molecule has 3 nitrogen and oxygen atoms in total. The Morgan fingerprint density at radius 1 is 1.29 bits per heavy atom. The van der Waals surface area contributed by atoms with E-state index in [-0.39, 0.29) is 6.10 Å². The summed E-state index contributed by atoms with van der Waals surface area (Å²) in [6.45, 7) is 4.11. The van der Waals surface area contributed by atoms with Gasteiger partial charge in [-0.3, -0.25) is 4.98 Å². The zero-order valence-electron chi connectivity index (χ0n) is 13.5. The normalized spacial score (nSPS) is 29.0. The van der Waals surface area contributed by atoms with Crippen LogP contribution in [0.4, 0.5) is 0 Å². The monoisotopic (exact) mass is 288 g/mol. The minimum atomic E-state index is 0.195. The highest BCUT2D eigenvalue weighted by Gasteiger charge is 2.40. The molecular formula is C18H28N2O. The Kier molecular flexibility index (Phi) is 4.48. The van der Waals surface area contributed by atoms with Crippen LogP contribution in [0.1, 0.15) is 57.6 Å². The SMILES string of the molecule is CNC(CC1CC2CCC1C2)c1cncc(OC(C)C)c1. The van der Waals surface area contributed by atoms with Crippen molar-refractivity contribution >= 4 is 0 Å². The molecular weight excluding hydrogens is 260 g/mol. The molecule has 4 unspecified atom stereocenters. The summed E-state index contributed by atoms with van der Waals surface area (Å²) in [6, 6.07) is 2.55. The van der Waals surface area contributed by atoms with Gasteiger partial charge in [-0.1, -0.05) is 6.42 Å². The van der Waals surface area contributed by atoms with Crippen LogP contribution in [-0.4, -0.2) is 18.1 Å². The summed E-state index contributed by atoms with van der Waals surface area (Å²) in [4.78, 5) is 4.36. The smallest absolute Gasteiger partial charge is 0.138 e. The topological polar surface area (TPSA) is 34.2 Å². The molecule has 116 valence electrons. The van der Waals surface area contributed by atoms with Crippen molar-refractivity contribution in [2.45, 2.75) is 58.1 Å². The van der Waals surface area contributed by atoms with Crippen molar-refractivity contribution in [3.63, 3.8) is 0 Å². The number of ether oxygens (including phenoxy) is 1. The van der Waals surface area contributed by atoms with Gasteiger partial charge >= 0.3 is 0 Å². The third kappa shape index (κ3) is 3.39. The van der Waals surface area contributed by atoms with Crippen LogP contribution in [0.2, 0.25) is 0 Å². The van der Waals surface area contributed by atoms with Gasteiger partial charge < -0.3 is 10.1 Å². The van der Waals surface area contributed by atoms with Gasteiger partial charge in [-0.05, 0) is 76.0 Å². The maximum absolute atomic E-state index is 5.78. The van der Waals surface area contributed by atoms with Gasteiger partial charge in [0.15, 0.2) is 0 Å². The summed E-state index contributed by atoms with van der Waals surface area (Å²) in [5.41, 5.74) is 1.26. The highest BCUT2D eigenvalue weighted by molar-refractivity contribution is 5.26. The Morgan fingerprint density at radius 2 is 2.14 bits per heavy atom. The van der Waals surface area contributed by atoms with Gasteiger partial charge in [0.2, 0.25) is 0 Å². The Balaban J connectivity index is 1.68. The fourth-order valence-corrected chi connectivity index (χ4v) is 4.35. The molecule has 2 saturated carbocycles. The fraction of sp³-hybridized carbons (Fsp3) is 0.722. The average Bonchev–Trinajstić information content (AvgIpc) is 3.06. The minimum Gasteiger partial charge on any atom is -0.489 e. The molecule has 1 heterocycles. The average molecular weight is 288 g/mol. The van der Waals surface area contributed by atoms with Gasteiger partial charge in [-0.25, -0.2) is 0 Å². The summed E-state index contributed by atoms with van der Waals surface area (Å²) in [7, 11) is 2.06. The summed E-state index contributed by atoms with van der Waals surface area (Å²) >= 11 is 0. The second-order valence-electron chi connectivity index (χ2n) is 7.13. The Hall–Kier alpha value is -1.09. The molecule has 3 rings (SSSR count). The van der Waals surface area contributed by atoms with Crippen LogP contribution in [0.15, 0.2) is 18.5 Å². The molecule has 4 atom stereocenters. The summed E-state index contributed by atoms with van der Waals surface area (Å²) in [6.07, 6.45) is 11.1. The highest BCUT2D eigenvalue weighted by Crippen LogP contribution is 2.50. The second-order valence-corrected chi connectivity index (χ2v) is 7.13. The second kappa shape index (κ2) is 6.35. The molecule has 0 amide bonds. The van der Waals surface area contributed by atoms with Crippen LogP contribution >= 0.6 is 0 Å². The van der Waals surface area contributed by atoms with Crippen molar-refractivity contribution in [3.8, 4) is 5.75 Å². The van der Waals surface area contributed by atoms with Gasteiger partial charge in [-0.15, -0.1) is 0 Å². The third-order valence-corrected chi connectivity index (χ3v) is 5.28. The highest BCUT2D eigenvalue weighted by atomic mass is 16.5. The number of hydrogen-bond acceptors (Lipinski definition) is 3. The van der Waals surface area contributed by atoms with E-state index < -0.39 is 0 Å². The number of fused-ring (bicyclic) bond motifs is 2. The molecule has 1 aromatic rings. The molecule has 1 N–H and O–H groups in total. The lowest BCUT2D eigenvalue weighted by molar-refractivity contribution is 0.240. The van der Waals surface area contributed by atoms with E-state index in [2.05, 4.69) is 37.3 Å².